The molecule has 1 saturated carbocycles. The fourth-order valence-corrected chi connectivity index (χ4v) is 2.92. The first-order chi connectivity index (χ1) is 9.60. The van der Waals surface area contributed by atoms with Gasteiger partial charge >= 0.3 is 0 Å². The molecule has 0 bridgehead atoms. The van der Waals surface area contributed by atoms with Gasteiger partial charge in [0.2, 0.25) is 0 Å². The number of aromatic nitrogens is 1. The van der Waals surface area contributed by atoms with E-state index in [9.17, 15) is 4.79 Å². The minimum atomic E-state index is -0.128. The summed E-state index contributed by atoms with van der Waals surface area (Å²) < 4.78 is 0. The molecule has 0 atom stereocenters. The predicted octanol–water partition coefficient (Wildman–Crippen LogP) is 3.26. The molecule has 0 aliphatic heterocycles. The van der Waals surface area contributed by atoms with Crippen molar-refractivity contribution in [2.75, 3.05) is 12.3 Å². The number of anilines is 1. The number of nitrogen functional groups attached to an aromatic ring is 1. The van der Waals surface area contributed by atoms with Gasteiger partial charge in [0.15, 0.2) is 0 Å². The van der Waals surface area contributed by atoms with Gasteiger partial charge in [-0.05, 0) is 30.7 Å². The molecule has 20 heavy (non-hydrogen) atoms. The van der Waals surface area contributed by atoms with Crippen LogP contribution in [0.3, 0.4) is 0 Å². The minimum Gasteiger partial charge on any atom is -0.382 e. The number of hydrogen-bond donors (Lipinski definition) is 2. The van der Waals surface area contributed by atoms with E-state index in [1.165, 1.54) is 38.3 Å². The summed E-state index contributed by atoms with van der Waals surface area (Å²) in [6.45, 7) is 2.99. The zero-order valence-electron chi connectivity index (χ0n) is 11.9. The summed E-state index contributed by atoms with van der Waals surface area (Å²) in [5.74, 6) is 1.60. The number of pyridine rings is 1. The molecule has 0 unspecified atom stereocenters. The van der Waals surface area contributed by atoms with Gasteiger partial charge in [-0.3, -0.25) is 4.79 Å². The summed E-state index contributed by atoms with van der Waals surface area (Å²) in [7, 11) is 0. The Morgan fingerprint density at radius 1 is 1.40 bits per heavy atom. The molecule has 0 saturated heterocycles. The Hall–Kier alpha value is -1.29. The van der Waals surface area contributed by atoms with Crippen molar-refractivity contribution in [3.05, 3.63) is 22.8 Å². The molecule has 0 spiro atoms. The van der Waals surface area contributed by atoms with Crippen LogP contribution in [0.25, 0.3) is 0 Å². The number of carbonyl (C=O) groups excluding carboxylic acids is 1. The number of rotatable bonds is 4. The predicted molar refractivity (Wildman–Crippen MR) is 81.7 cm³/mol. The number of hydrogen-bond acceptors (Lipinski definition) is 3. The summed E-state index contributed by atoms with van der Waals surface area (Å²) in [6.07, 6.45) is 7.72. The van der Waals surface area contributed by atoms with Crippen molar-refractivity contribution in [2.24, 2.45) is 11.8 Å². The van der Waals surface area contributed by atoms with E-state index in [2.05, 4.69) is 17.2 Å². The molecular formula is C15H22ClN3O. The van der Waals surface area contributed by atoms with E-state index >= 15 is 0 Å². The van der Waals surface area contributed by atoms with Crippen LogP contribution in [0.1, 0.15) is 49.4 Å². The van der Waals surface area contributed by atoms with Crippen LogP contribution >= 0.6 is 11.6 Å². The van der Waals surface area contributed by atoms with Crippen LogP contribution in [0.4, 0.5) is 5.82 Å². The Kier molecular flexibility index (Phi) is 5.24. The quantitative estimate of drug-likeness (QED) is 0.896. The second kappa shape index (κ2) is 6.93. The molecule has 5 heteroatoms. The third-order valence-electron chi connectivity index (χ3n) is 4.23. The van der Waals surface area contributed by atoms with E-state index in [-0.39, 0.29) is 11.7 Å². The molecule has 1 fully saturated rings. The lowest BCUT2D eigenvalue weighted by Crippen LogP contribution is -2.31. The van der Waals surface area contributed by atoms with E-state index in [1.807, 2.05) is 0 Å². The summed E-state index contributed by atoms with van der Waals surface area (Å²) in [4.78, 5) is 15.9. The Morgan fingerprint density at radius 2 is 2.05 bits per heavy atom. The molecule has 0 radical (unpaired) electrons. The summed E-state index contributed by atoms with van der Waals surface area (Å²) >= 11 is 5.87. The second-order valence-corrected chi connectivity index (χ2v) is 6.00. The van der Waals surface area contributed by atoms with Gasteiger partial charge in [0.1, 0.15) is 5.82 Å². The Labute approximate surface area is 125 Å². The minimum absolute atomic E-state index is 0.128. The lowest BCUT2D eigenvalue weighted by molar-refractivity contribution is 0.0941. The van der Waals surface area contributed by atoms with Gasteiger partial charge in [-0.25, -0.2) is 4.98 Å². The monoisotopic (exact) mass is 295 g/mol. The Bertz CT molecular complexity index is 470. The lowest BCUT2D eigenvalue weighted by atomic mass is 9.81. The van der Waals surface area contributed by atoms with Crippen LogP contribution in [0.15, 0.2) is 12.3 Å². The second-order valence-electron chi connectivity index (χ2n) is 5.60. The van der Waals surface area contributed by atoms with Crippen molar-refractivity contribution < 1.29 is 4.79 Å². The molecule has 1 aromatic heterocycles. The van der Waals surface area contributed by atoms with Crippen LogP contribution < -0.4 is 11.1 Å². The fourth-order valence-electron chi connectivity index (χ4n) is 2.76. The standard InChI is InChI=1S/C15H22ClN3O/c1-2-10-3-5-11(6-4-10)8-19-15(20)12-7-13(16)14(17)18-9-12/h7,9-11H,2-6,8H2,1H3,(H2,17,18)(H,19,20). The van der Waals surface area contributed by atoms with Crippen molar-refractivity contribution in [1.82, 2.24) is 10.3 Å². The summed E-state index contributed by atoms with van der Waals surface area (Å²) in [6, 6.07) is 1.56. The fraction of sp³-hybridized carbons (Fsp3) is 0.600. The first-order valence-electron chi connectivity index (χ1n) is 7.29. The average Bonchev–Trinajstić information content (AvgIpc) is 2.48. The van der Waals surface area contributed by atoms with E-state index in [0.717, 1.165) is 12.5 Å². The third kappa shape index (κ3) is 3.85. The summed E-state index contributed by atoms with van der Waals surface area (Å²) in [5.41, 5.74) is 6.00. The topological polar surface area (TPSA) is 68.0 Å². The highest BCUT2D eigenvalue weighted by Gasteiger charge is 2.20. The smallest absolute Gasteiger partial charge is 0.252 e. The third-order valence-corrected chi connectivity index (χ3v) is 4.53. The van der Waals surface area contributed by atoms with Crippen LogP contribution in [0.2, 0.25) is 5.02 Å². The Balaban J connectivity index is 1.82. The van der Waals surface area contributed by atoms with Gasteiger partial charge in [-0.1, -0.05) is 37.8 Å². The average molecular weight is 296 g/mol. The van der Waals surface area contributed by atoms with Gasteiger partial charge < -0.3 is 11.1 Å². The highest BCUT2D eigenvalue weighted by atomic mass is 35.5. The molecule has 3 N–H and O–H groups in total. The maximum Gasteiger partial charge on any atom is 0.252 e. The highest BCUT2D eigenvalue weighted by molar-refractivity contribution is 6.33. The number of nitrogens with two attached hydrogens (primary N) is 1. The summed E-state index contributed by atoms with van der Waals surface area (Å²) in [5, 5.41) is 3.29. The molecule has 2 rings (SSSR count). The van der Waals surface area contributed by atoms with E-state index in [0.29, 0.717) is 16.5 Å². The van der Waals surface area contributed by atoms with Crippen LogP contribution in [0, 0.1) is 11.8 Å². The number of nitrogens with zero attached hydrogens (tertiary/aromatic N) is 1. The largest absolute Gasteiger partial charge is 0.382 e. The van der Waals surface area contributed by atoms with Crippen LogP contribution in [-0.4, -0.2) is 17.4 Å². The van der Waals surface area contributed by atoms with E-state index < -0.39 is 0 Å². The van der Waals surface area contributed by atoms with Gasteiger partial charge in [-0.15, -0.1) is 0 Å². The number of amides is 1. The molecule has 1 aliphatic rings. The molecular weight excluding hydrogens is 274 g/mol. The van der Waals surface area contributed by atoms with Crippen molar-refractivity contribution in [3.63, 3.8) is 0 Å². The zero-order valence-corrected chi connectivity index (χ0v) is 12.6. The maximum absolute atomic E-state index is 12.0. The van der Waals surface area contributed by atoms with Gasteiger partial charge in [0.05, 0.1) is 10.6 Å². The molecule has 1 aliphatic carbocycles. The first kappa shape index (κ1) is 15.1. The molecule has 0 aromatic carbocycles. The molecule has 1 heterocycles. The number of halogens is 1. The van der Waals surface area contributed by atoms with E-state index in [4.69, 9.17) is 17.3 Å². The highest BCUT2D eigenvalue weighted by Crippen LogP contribution is 2.30. The normalized spacial score (nSPS) is 22.5. The SMILES string of the molecule is CCC1CCC(CNC(=O)c2cnc(N)c(Cl)c2)CC1. The van der Waals surface area contributed by atoms with Crippen molar-refractivity contribution in [2.45, 2.75) is 39.0 Å². The Morgan fingerprint density at radius 3 is 2.65 bits per heavy atom. The van der Waals surface area contributed by atoms with Crippen molar-refractivity contribution >= 4 is 23.3 Å². The van der Waals surface area contributed by atoms with E-state index in [1.54, 1.807) is 6.07 Å². The van der Waals surface area contributed by atoms with Gasteiger partial charge in [-0.2, -0.15) is 0 Å². The van der Waals surface area contributed by atoms with Crippen molar-refractivity contribution in [1.29, 1.82) is 0 Å². The lowest BCUT2D eigenvalue weighted by Gasteiger charge is -2.27. The van der Waals surface area contributed by atoms with Crippen LogP contribution in [0.5, 0.6) is 0 Å². The molecule has 110 valence electrons. The maximum atomic E-state index is 12.0. The van der Waals surface area contributed by atoms with Gasteiger partial charge in [0, 0.05) is 12.7 Å². The number of carbonyl (C=O) groups is 1. The molecule has 1 amide bonds. The zero-order chi connectivity index (χ0) is 14.5. The molecule has 4 nitrogen and oxygen atoms in total. The number of nitrogens with one attached hydrogen (secondary N) is 1. The van der Waals surface area contributed by atoms with Gasteiger partial charge in [0.25, 0.3) is 5.91 Å². The molecule has 1 aromatic rings. The van der Waals surface area contributed by atoms with Crippen LogP contribution in [-0.2, 0) is 0 Å². The van der Waals surface area contributed by atoms with Crippen molar-refractivity contribution in [3.8, 4) is 0 Å². The first-order valence-corrected chi connectivity index (χ1v) is 7.67.